The van der Waals surface area contributed by atoms with Gasteiger partial charge in [0, 0.05) is 23.7 Å². The first-order chi connectivity index (χ1) is 10.6. The van der Waals surface area contributed by atoms with Crippen LogP contribution >= 0.6 is 15.9 Å². The third-order valence-electron chi connectivity index (χ3n) is 4.09. The Balaban J connectivity index is 1.94. The maximum atomic E-state index is 9.66. The van der Waals surface area contributed by atoms with Crippen molar-refractivity contribution in [3.8, 4) is 0 Å². The molecule has 2 rings (SSSR count). The average molecular weight is 362 g/mol. The summed E-state index contributed by atoms with van der Waals surface area (Å²) in [7, 11) is 0. The molecule has 0 aliphatic carbocycles. The molecule has 0 aliphatic heterocycles. The predicted molar refractivity (Wildman–Crippen MR) is 96.0 cm³/mol. The normalized spacial score (nSPS) is 13.8. The molecule has 0 aliphatic rings. The summed E-state index contributed by atoms with van der Waals surface area (Å²) in [6, 6.07) is 16.9. The largest absolute Gasteiger partial charge is 0.396 e. The van der Waals surface area contributed by atoms with E-state index >= 15 is 0 Å². The average Bonchev–Trinajstić information content (AvgIpc) is 2.53. The van der Waals surface area contributed by atoms with Crippen molar-refractivity contribution in [2.24, 2.45) is 5.92 Å². The van der Waals surface area contributed by atoms with Crippen molar-refractivity contribution in [3.63, 3.8) is 0 Å². The van der Waals surface area contributed by atoms with Crippen molar-refractivity contribution in [3.05, 3.63) is 69.7 Å². The van der Waals surface area contributed by atoms with Gasteiger partial charge in [0.15, 0.2) is 0 Å². The minimum Gasteiger partial charge on any atom is -0.396 e. The lowest BCUT2D eigenvalue weighted by molar-refractivity contribution is 0.218. The van der Waals surface area contributed by atoms with E-state index in [0.717, 1.165) is 17.4 Å². The third-order valence-corrected chi connectivity index (χ3v) is 4.87. The summed E-state index contributed by atoms with van der Waals surface area (Å²) in [6.07, 6.45) is 0.866. The van der Waals surface area contributed by atoms with Gasteiger partial charge in [-0.3, -0.25) is 0 Å². The molecule has 2 aromatic rings. The second-order valence-corrected chi connectivity index (χ2v) is 6.68. The third kappa shape index (κ3) is 4.67. The van der Waals surface area contributed by atoms with Gasteiger partial charge in [-0.1, -0.05) is 58.4 Å². The van der Waals surface area contributed by atoms with Crippen molar-refractivity contribution in [2.45, 2.75) is 26.3 Å². The highest BCUT2D eigenvalue weighted by molar-refractivity contribution is 9.10. The first-order valence-corrected chi connectivity index (χ1v) is 8.54. The maximum absolute atomic E-state index is 9.66. The Bertz CT molecular complexity index is 599. The minimum absolute atomic E-state index is 0.189. The number of nitrogens with one attached hydrogen (secondary N) is 1. The number of aliphatic hydroxyl groups excluding tert-OH is 1. The summed E-state index contributed by atoms with van der Waals surface area (Å²) in [5.41, 5.74) is 3.86. The van der Waals surface area contributed by atoms with E-state index in [-0.39, 0.29) is 18.6 Å². The Morgan fingerprint density at radius 2 is 1.77 bits per heavy atom. The second kappa shape index (κ2) is 8.47. The zero-order valence-electron chi connectivity index (χ0n) is 13.2. The van der Waals surface area contributed by atoms with Crippen LogP contribution in [0.2, 0.25) is 0 Å². The topological polar surface area (TPSA) is 32.3 Å². The molecule has 0 amide bonds. The minimum atomic E-state index is 0.189. The molecule has 0 heterocycles. The summed E-state index contributed by atoms with van der Waals surface area (Å²) in [5.74, 6) is 0.213. The number of aryl methyl sites for hydroxylation is 1. The lowest BCUT2D eigenvalue weighted by atomic mass is 9.98. The molecule has 2 nitrogen and oxygen atoms in total. The van der Waals surface area contributed by atoms with Gasteiger partial charge in [0.25, 0.3) is 0 Å². The van der Waals surface area contributed by atoms with Gasteiger partial charge < -0.3 is 10.4 Å². The number of hydrogen-bond donors (Lipinski definition) is 2. The summed E-state index contributed by atoms with van der Waals surface area (Å²) >= 11 is 3.58. The van der Waals surface area contributed by atoms with Crippen molar-refractivity contribution in [1.82, 2.24) is 5.32 Å². The maximum Gasteiger partial charge on any atom is 0.0474 e. The molecule has 0 saturated carbocycles. The molecule has 0 spiro atoms. The molecule has 2 unspecified atom stereocenters. The fourth-order valence-electron chi connectivity index (χ4n) is 2.70. The van der Waals surface area contributed by atoms with E-state index in [4.69, 9.17) is 0 Å². The number of hydrogen-bond acceptors (Lipinski definition) is 2. The summed E-state index contributed by atoms with van der Waals surface area (Å²) in [4.78, 5) is 0. The standard InChI is InChI=1S/C19H24BrNO/c1-14-7-3-5-9-18(14)15(2)21-12-16(13-22)11-17-8-4-6-10-19(17)20/h3-10,15-16,21-22H,11-13H2,1-2H3. The summed E-state index contributed by atoms with van der Waals surface area (Å²) in [6.45, 7) is 5.30. The molecule has 2 atom stereocenters. The molecule has 118 valence electrons. The van der Waals surface area contributed by atoms with Gasteiger partial charge in [-0.25, -0.2) is 0 Å². The van der Waals surface area contributed by atoms with E-state index in [0.29, 0.717) is 0 Å². The highest BCUT2D eigenvalue weighted by Crippen LogP contribution is 2.21. The fourth-order valence-corrected chi connectivity index (χ4v) is 3.15. The summed E-state index contributed by atoms with van der Waals surface area (Å²) in [5, 5.41) is 13.2. The number of rotatable bonds is 7. The van der Waals surface area contributed by atoms with Crippen LogP contribution in [-0.2, 0) is 6.42 Å². The Morgan fingerprint density at radius 1 is 1.09 bits per heavy atom. The second-order valence-electron chi connectivity index (χ2n) is 5.83. The van der Waals surface area contributed by atoms with Crippen LogP contribution < -0.4 is 5.32 Å². The van der Waals surface area contributed by atoms with E-state index in [1.165, 1.54) is 16.7 Å². The molecule has 22 heavy (non-hydrogen) atoms. The Morgan fingerprint density at radius 3 is 2.45 bits per heavy atom. The quantitative estimate of drug-likeness (QED) is 0.772. The lowest BCUT2D eigenvalue weighted by Gasteiger charge is -2.21. The van der Waals surface area contributed by atoms with E-state index in [1.807, 2.05) is 18.2 Å². The van der Waals surface area contributed by atoms with Crippen molar-refractivity contribution >= 4 is 15.9 Å². The van der Waals surface area contributed by atoms with E-state index < -0.39 is 0 Å². The summed E-state index contributed by atoms with van der Waals surface area (Å²) < 4.78 is 1.11. The van der Waals surface area contributed by atoms with Crippen LogP contribution in [0.25, 0.3) is 0 Å². The van der Waals surface area contributed by atoms with Gasteiger partial charge in [0.2, 0.25) is 0 Å². The van der Waals surface area contributed by atoms with Crippen LogP contribution in [0.4, 0.5) is 0 Å². The number of benzene rings is 2. The van der Waals surface area contributed by atoms with Crippen LogP contribution in [0.3, 0.4) is 0 Å². The van der Waals surface area contributed by atoms with Crippen molar-refractivity contribution in [1.29, 1.82) is 0 Å². The van der Waals surface area contributed by atoms with E-state index in [2.05, 4.69) is 65.4 Å². The van der Waals surface area contributed by atoms with E-state index in [1.54, 1.807) is 0 Å². The monoisotopic (exact) mass is 361 g/mol. The molecule has 3 heteroatoms. The number of aliphatic hydroxyl groups is 1. The van der Waals surface area contributed by atoms with Crippen molar-refractivity contribution in [2.75, 3.05) is 13.2 Å². The molecule has 0 saturated heterocycles. The van der Waals surface area contributed by atoms with Crippen LogP contribution in [0, 0.1) is 12.8 Å². The van der Waals surface area contributed by atoms with Gasteiger partial charge >= 0.3 is 0 Å². The molecular formula is C19H24BrNO. The van der Waals surface area contributed by atoms with Gasteiger partial charge in [0.1, 0.15) is 0 Å². The Kier molecular flexibility index (Phi) is 6.62. The van der Waals surface area contributed by atoms with Gasteiger partial charge in [-0.15, -0.1) is 0 Å². The van der Waals surface area contributed by atoms with Gasteiger partial charge in [-0.2, -0.15) is 0 Å². The highest BCUT2D eigenvalue weighted by Gasteiger charge is 2.13. The van der Waals surface area contributed by atoms with Crippen LogP contribution in [0.15, 0.2) is 53.0 Å². The van der Waals surface area contributed by atoms with E-state index in [9.17, 15) is 5.11 Å². The number of halogens is 1. The van der Waals surface area contributed by atoms with Crippen molar-refractivity contribution < 1.29 is 5.11 Å². The zero-order chi connectivity index (χ0) is 15.9. The smallest absolute Gasteiger partial charge is 0.0474 e. The Hall–Kier alpha value is -1.16. The first-order valence-electron chi connectivity index (χ1n) is 7.75. The fraction of sp³-hybridized carbons (Fsp3) is 0.368. The molecule has 2 N–H and O–H groups in total. The van der Waals surface area contributed by atoms with Gasteiger partial charge in [0.05, 0.1) is 0 Å². The van der Waals surface area contributed by atoms with Gasteiger partial charge in [-0.05, 0) is 48.9 Å². The lowest BCUT2D eigenvalue weighted by Crippen LogP contribution is -2.29. The van der Waals surface area contributed by atoms with Crippen LogP contribution in [0.5, 0.6) is 0 Å². The van der Waals surface area contributed by atoms with Crippen LogP contribution in [0.1, 0.15) is 29.7 Å². The Labute approximate surface area is 141 Å². The SMILES string of the molecule is Cc1ccccc1C(C)NCC(CO)Cc1ccccc1Br. The predicted octanol–water partition coefficient (Wildman–Crippen LogP) is 4.26. The molecule has 0 fully saturated rings. The zero-order valence-corrected chi connectivity index (χ0v) is 14.8. The molecule has 2 aromatic carbocycles. The van der Waals surface area contributed by atoms with Crippen LogP contribution in [-0.4, -0.2) is 18.3 Å². The highest BCUT2D eigenvalue weighted by atomic mass is 79.9. The first kappa shape index (κ1) is 17.2. The molecule has 0 bridgehead atoms. The molecular weight excluding hydrogens is 338 g/mol. The molecule has 0 radical (unpaired) electrons. The molecule has 0 aromatic heterocycles.